The van der Waals surface area contributed by atoms with E-state index in [2.05, 4.69) is 55.9 Å². The van der Waals surface area contributed by atoms with Crippen LogP contribution in [0.1, 0.15) is 13.3 Å². The van der Waals surface area contributed by atoms with E-state index in [1.54, 1.807) is 12.1 Å². The predicted octanol–water partition coefficient (Wildman–Crippen LogP) is 4.09. The number of rotatable bonds is 2. The third-order valence-electron chi connectivity index (χ3n) is 3.81. The van der Waals surface area contributed by atoms with Gasteiger partial charge in [-0.25, -0.2) is 10.0 Å². The van der Waals surface area contributed by atoms with Crippen molar-refractivity contribution >= 4 is 10.0 Å². The highest BCUT2D eigenvalue weighted by molar-refractivity contribution is 8.33. The molecule has 1 nitrogen and oxygen atoms in total. The summed E-state index contributed by atoms with van der Waals surface area (Å²) >= 11 is 0. The van der Waals surface area contributed by atoms with Crippen molar-refractivity contribution in [3.8, 4) is 5.75 Å². The summed E-state index contributed by atoms with van der Waals surface area (Å²) in [6.07, 6.45) is 14.6. The van der Waals surface area contributed by atoms with Gasteiger partial charge in [0.1, 0.15) is 5.75 Å². The summed E-state index contributed by atoms with van der Waals surface area (Å²) in [4.78, 5) is 1.35. The molecular weight excluding hydrogens is 228 g/mol. The quantitative estimate of drug-likeness (QED) is 0.835. The van der Waals surface area contributed by atoms with Gasteiger partial charge >= 0.3 is 0 Å². The number of hydrogen-bond acceptors (Lipinski definition) is 1. The second kappa shape index (κ2) is 4.26. The van der Waals surface area contributed by atoms with E-state index >= 15 is 0 Å². The minimum Gasteiger partial charge on any atom is -0.508 e. The number of hydrogen-bond donors (Lipinski definition) is 1. The zero-order valence-electron chi connectivity index (χ0n) is 10.7. The van der Waals surface area contributed by atoms with E-state index in [9.17, 15) is 5.11 Å². The molecular formula is C15H20OS. The normalized spacial score (nSPS) is 24.9. The molecule has 2 rings (SSSR count). The maximum Gasteiger partial charge on any atom is 0.115 e. The van der Waals surface area contributed by atoms with Crippen LogP contribution in [0.15, 0.2) is 53.5 Å². The van der Waals surface area contributed by atoms with E-state index < -0.39 is 10.0 Å². The first kappa shape index (κ1) is 12.3. The minimum absolute atomic E-state index is 0.207. The van der Waals surface area contributed by atoms with Gasteiger partial charge in [0.15, 0.2) is 0 Å². The summed E-state index contributed by atoms with van der Waals surface area (Å²) < 4.78 is 0.207. The average molecular weight is 248 g/mol. The smallest absolute Gasteiger partial charge is 0.115 e. The Balaban J connectivity index is 2.38. The van der Waals surface area contributed by atoms with Gasteiger partial charge in [-0.15, -0.1) is 0 Å². The summed E-state index contributed by atoms with van der Waals surface area (Å²) in [5.41, 5.74) is 0. The van der Waals surface area contributed by atoms with Crippen molar-refractivity contribution < 1.29 is 5.11 Å². The molecule has 92 valence electrons. The Morgan fingerprint density at radius 3 is 2.29 bits per heavy atom. The molecule has 1 unspecified atom stereocenters. The summed E-state index contributed by atoms with van der Waals surface area (Å²) in [5, 5.41) is 9.38. The fraction of sp³-hybridized carbons (Fsp3) is 0.333. The maximum absolute atomic E-state index is 9.38. The van der Waals surface area contributed by atoms with E-state index in [0.717, 1.165) is 6.42 Å². The topological polar surface area (TPSA) is 20.2 Å². The second-order valence-electron chi connectivity index (χ2n) is 5.12. The highest BCUT2D eigenvalue weighted by Crippen LogP contribution is 2.62. The molecule has 0 heterocycles. The van der Waals surface area contributed by atoms with Gasteiger partial charge in [-0.1, -0.05) is 24.3 Å². The monoisotopic (exact) mass is 248 g/mol. The zero-order valence-corrected chi connectivity index (χ0v) is 11.5. The van der Waals surface area contributed by atoms with Gasteiger partial charge in [0.05, 0.1) is 0 Å². The van der Waals surface area contributed by atoms with Crippen LogP contribution >= 0.6 is 10.0 Å². The van der Waals surface area contributed by atoms with E-state index in [-0.39, 0.29) is 4.75 Å². The van der Waals surface area contributed by atoms with Crippen LogP contribution in [0.4, 0.5) is 0 Å². The number of benzene rings is 1. The third-order valence-corrected chi connectivity index (χ3v) is 7.90. The van der Waals surface area contributed by atoms with Crippen LogP contribution in [-0.2, 0) is 0 Å². The van der Waals surface area contributed by atoms with Crippen molar-refractivity contribution in [1.29, 1.82) is 0 Å². The first-order chi connectivity index (χ1) is 7.96. The first-order valence-electron chi connectivity index (χ1n) is 5.82. The average Bonchev–Trinajstić information content (AvgIpc) is 2.30. The first-order valence-corrected chi connectivity index (χ1v) is 8.27. The van der Waals surface area contributed by atoms with Crippen molar-refractivity contribution in [2.75, 3.05) is 12.5 Å². The fourth-order valence-electron chi connectivity index (χ4n) is 2.14. The van der Waals surface area contributed by atoms with Crippen LogP contribution in [-0.4, -0.2) is 22.4 Å². The van der Waals surface area contributed by atoms with Gasteiger partial charge in [-0.3, -0.25) is 0 Å². The summed E-state index contributed by atoms with van der Waals surface area (Å²) in [6, 6.07) is 7.69. The molecule has 1 aliphatic rings. The SMILES string of the molecule is CC1(S(C)(C)c2ccc(O)cc2)C=CC=CC1. The van der Waals surface area contributed by atoms with Crippen molar-refractivity contribution in [3.63, 3.8) is 0 Å². The molecule has 1 aromatic rings. The molecule has 0 saturated carbocycles. The van der Waals surface area contributed by atoms with Crippen LogP contribution in [0.2, 0.25) is 0 Å². The molecule has 0 aliphatic heterocycles. The standard InChI is InChI=1S/C15H20OS/c1-15(11-5-4-6-12-15)17(2,3)14-9-7-13(16)8-10-14/h4-11,16H,12H2,1-3H3. The molecule has 1 N–H and O–H groups in total. The molecule has 0 bridgehead atoms. The molecule has 0 spiro atoms. The lowest BCUT2D eigenvalue weighted by molar-refractivity contribution is 0.475. The lowest BCUT2D eigenvalue weighted by atomic mass is 10.0. The van der Waals surface area contributed by atoms with E-state index in [0.29, 0.717) is 5.75 Å². The molecule has 1 aliphatic carbocycles. The van der Waals surface area contributed by atoms with Gasteiger partial charge in [0, 0.05) is 4.75 Å². The highest BCUT2D eigenvalue weighted by Gasteiger charge is 2.35. The largest absolute Gasteiger partial charge is 0.508 e. The lowest BCUT2D eigenvalue weighted by Gasteiger charge is -2.48. The molecule has 0 saturated heterocycles. The number of phenolic OH excluding ortho intramolecular Hbond substituents is 1. The van der Waals surface area contributed by atoms with Crippen molar-refractivity contribution in [1.82, 2.24) is 0 Å². The summed E-state index contributed by atoms with van der Waals surface area (Å²) in [7, 11) is -0.928. The van der Waals surface area contributed by atoms with E-state index in [1.807, 2.05) is 0 Å². The molecule has 0 radical (unpaired) electrons. The Kier molecular flexibility index (Phi) is 3.09. The number of phenols is 1. The molecule has 17 heavy (non-hydrogen) atoms. The predicted molar refractivity (Wildman–Crippen MR) is 77.1 cm³/mol. The molecule has 1 atom stereocenters. The molecule has 0 aromatic heterocycles. The second-order valence-corrected chi connectivity index (χ2v) is 9.18. The van der Waals surface area contributed by atoms with Crippen molar-refractivity contribution in [2.24, 2.45) is 0 Å². The van der Waals surface area contributed by atoms with Gasteiger partial charge in [-0.05, 0) is 55.0 Å². The van der Waals surface area contributed by atoms with Gasteiger partial charge in [0.25, 0.3) is 0 Å². The Labute approximate surface area is 105 Å². The van der Waals surface area contributed by atoms with Crippen LogP contribution in [0, 0.1) is 0 Å². The van der Waals surface area contributed by atoms with Gasteiger partial charge in [-0.2, -0.15) is 0 Å². The van der Waals surface area contributed by atoms with Gasteiger partial charge < -0.3 is 5.11 Å². The van der Waals surface area contributed by atoms with E-state index in [1.165, 1.54) is 4.90 Å². The van der Waals surface area contributed by atoms with E-state index in [4.69, 9.17) is 0 Å². The highest BCUT2D eigenvalue weighted by atomic mass is 32.3. The van der Waals surface area contributed by atoms with Crippen LogP contribution in [0.5, 0.6) is 5.75 Å². The minimum atomic E-state index is -0.928. The summed E-state index contributed by atoms with van der Waals surface area (Å²) in [5.74, 6) is 0.341. The Bertz CT molecular complexity index is 456. The van der Waals surface area contributed by atoms with Gasteiger partial charge in [0.2, 0.25) is 0 Å². The van der Waals surface area contributed by atoms with Crippen molar-refractivity contribution in [3.05, 3.63) is 48.6 Å². The number of aromatic hydroxyl groups is 1. The molecule has 0 fully saturated rings. The van der Waals surface area contributed by atoms with Crippen LogP contribution in [0.3, 0.4) is 0 Å². The maximum atomic E-state index is 9.38. The van der Waals surface area contributed by atoms with Crippen LogP contribution in [0.25, 0.3) is 0 Å². The van der Waals surface area contributed by atoms with Crippen molar-refractivity contribution in [2.45, 2.75) is 23.0 Å². The lowest BCUT2D eigenvalue weighted by Crippen LogP contribution is -2.29. The molecule has 1 aromatic carbocycles. The Morgan fingerprint density at radius 2 is 1.76 bits per heavy atom. The molecule has 0 amide bonds. The Hall–Kier alpha value is -1.15. The van der Waals surface area contributed by atoms with Crippen LogP contribution < -0.4 is 0 Å². The Morgan fingerprint density at radius 1 is 1.12 bits per heavy atom. The molecule has 2 heteroatoms. The number of allylic oxidation sites excluding steroid dienone is 3. The fourth-order valence-corrected chi connectivity index (χ4v) is 4.43. The third kappa shape index (κ3) is 2.14. The zero-order chi connectivity index (χ0) is 12.5. The summed E-state index contributed by atoms with van der Waals surface area (Å²) in [6.45, 7) is 2.33.